The third kappa shape index (κ3) is 4.99. The number of nitrogens with zero attached hydrogens (tertiary/aromatic N) is 1. The van der Waals surface area contributed by atoms with E-state index in [9.17, 15) is 0 Å². The van der Waals surface area contributed by atoms with Crippen molar-refractivity contribution in [3.8, 4) is 0 Å². The zero-order valence-electron chi connectivity index (χ0n) is 10.7. The Labute approximate surface area is 90.9 Å². The molecule has 0 radical (unpaired) electrons. The van der Waals surface area contributed by atoms with Gasteiger partial charge in [-0.3, -0.25) is 0 Å². The first-order valence-corrected chi connectivity index (χ1v) is 6.62. The Bertz CT molecular complexity index is 99.8. The van der Waals surface area contributed by atoms with E-state index in [0.717, 1.165) is 6.04 Å². The molecule has 86 valence electrons. The molecule has 1 saturated heterocycles. The monoisotopic (exact) mass is 199 g/mol. The number of hydrogen-bond acceptors (Lipinski definition) is 1. The quantitative estimate of drug-likeness (QED) is 0.645. The van der Waals surface area contributed by atoms with Gasteiger partial charge in [-0.2, -0.15) is 0 Å². The summed E-state index contributed by atoms with van der Waals surface area (Å²) >= 11 is 0. The summed E-state index contributed by atoms with van der Waals surface area (Å²) in [6, 6.07) is 0.905. The third-order valence-corrected chi connectivity index (χ3v) is 2.90. The molecule has 0 saturated carbocycles. The highest BCUT2D eigenvalue weighted by Gasteiger charge is 2.19. The fourth-order valence-electron chi connectivity index (χ4n) is 2.28. The lowest BCUT2D eigenvalue weighted by Crippen LogP contribution is -2.32. The van der Waals surface area contributed by atoms with Gasteiger partial charge in [0.15, 0.2) is 0 Å². The van der Waals surface area contributed by atoms with E-state index in [-0.39, 0.29) is 0 Å². The van der Waals surface area contributed by atoms with Crippen molar-refractivity contribution >= 4 is 0 Å². The van der Waals surface area contributed by atoms with Crippen molar-refractivity contribution < 1.29 is 0 Å². The number of hydrogen-bond donors (Lipinski definition) is 0. The van der Waals surface area contributed by atoms with Crippen LogP contribution >= 0.6 is 0 Å². The van der Waals surface area contributed by atoms with E-state index in [1.54, 1.807) is 0 Å². The topological polar surface area (TPSA) is 3.24 Å². The van der Waals surface area contributed by atoms with Crippen LogP contribution in [0.2, 0.25) is 0 Å². The molecule has 0 aliphatic carbocycles. The lowest BCUT2D eigenvalue weighted by molar-refractivity contribution is 0.216. The van der Waals surface area contributed by atoms with Crippen LogP contribution < -0.4 is 0 Å². The zero-order chi connectivity index (χ0) is 10.8. The predicted octanol–water partition coefficient (Wildman–Crippen LogP) is 4.08. The van der Waals surface area contributed by atoms with Gasteiger partial charge in [0.25, 0.3) is 0 Å². The van der Waals surface area contributed by atoms with Crippen LogP contribution in [0.15, 0.2) is 0 Å². The van der Waals surface area contributed by atoms with Gasteiger partial charge in [-0.05, 0) is 38.8 Å². The summed E-state index contributed by atoms with van der Waals surface area (Å²) in [7, 11) is 0. The first kappa shape index (κ1) is 14.0. The highest BCUT2D eigenvalue weighted by molar-refractivity contribution is 4.75. The summed E-state index contributed by atoms with van der Waals surface area (Å²) < 4.78 is 0. The lowest BCUT2D eigenvalue weighted by Gasteiger charge is -2.26. The summed E-state index contributed by atoms with van der Waals surface area (Å²) in [5.41, 5.74) is 0. The number of rotatable bonds is 5. The SMILES string of the molecule is CC.CCCC(CCC)N1CCCC1. The fraction of sp³-hybridized carbons (Fsp3) is 1.00. The Kier molecular flexibility index (Phi) is 9.49. The van der Waals surface area contributed by atoms with Gasteiger partial charge in [-0.15, -0.1) is 0 Å². The molecule has 0 aromatic carbocycles. The van der Waals surface area contributed by atoms with Crippen LogP contribution in [0.4, 0.5) is 0 Å². The minimum Gasteiger partial charge on any atom is -0.300 e. The smallest absolute Gasteiger partial charge is 0.00950 e. The van der Waals surface area contributed by atoms with Crippen LogP contribution in [0.1, 0.15) is 66.2 Å². The molecule has 1 aliphatic rings. The number of likely N-dealkylation sites (tertiary alicyclic amines) is 1. The Morgan fingerprint density at radius 1 is 0.929 bits per heavy atom. The van der Waals surface area contributed by atoms with Gasteiger partial charge in [-0.1, -0.05) is 40.5 Å². The summed E-state index contributed by atoms with van der Waals surface area (Å²) in [5.74, 6) is 0. The van der Waals surface area contributed by atoms with Crippen molar-refractivity contribution in [2.75, 3.05) is 13.1 Å². The Balaban J connectivity index is 0.000000791. The van der Waals surface area contributed by atoms with E-state index in [2.05, 4.69) is 18.7 Å². The second-order valence-electron chi connectivity index (χ2n) is 3.97. The standard InChI is InChI=1S/C11H23N.C2H6/c1-3-7-11(8-4-2)12-9-5-6-10-12;1-2/h11H,3-10H2,1-2H3;1-2H3. The van der Waals surface area contributed by atoms with Crippen molar-refractivity contribution in [2.45, 2.75) is 72.3 Å². The fourth-order valence-corrected chi connectivity index (χ4v) is 2.28. The molecule has 1 aliphatic heterocycles. The summed E-state index contributed by atoms with van der Waals surface area (Å²) in [6.45, 7) is 11.3. The van der Waals surface area contributed by atoms with E-state index < -0.39 is 0 Å². The molecule has 0 N–H and O–H groups in total. The summed E-state index contributed by atoms with van der Waals surface area (Å²) in [4.78, 5) is 2.70. The zero-order valence-corrected chi connectivity index (χ0v) is 10.7. The summed E-state index contributed by atoms with van der Waals surface area (Å²) in [5, 5.41) is 0. The van der Waals surface area contributed by atoms with E-state index in [4.69, 9.17) is 0 Å². The maximum Gasteiger partial charge on any atom is 0.00950 e. The predicted molar refractivity (Wildman–Crippen MR) is 65.8 cm³/mol. The van der Waals surface area contributed by atoms with Crippen LogP contribution in [0, 0.1) is 0 Å². The van der Waals surface area contributed by atoms with Crippen molar-refractivity contribution in [1.82, 2.24) is 4.90 Å². The maximum atomic E-state index is 2.70. The van der Waals surface area contributed by atoms with Crippen LogP contribution in [-0.4, -0.2) is 24.0 Å². The highest BCUT2D eigenvalue weighted by atomic mass is 15.2. The minimum absolute atomic E-state index is 0.905. The Morgan fingerprint density at radius 3 is 1.71 bits per heavy atom. The Hall–Kier alpha value is -0.0400. The molecule has 0 bridgehead atoms. The van der Waals surface area contributed by atoms with Gasteiger partial charge >= 0.3 is 0 Å². The molecule has 1 heteroatoms. The van der Waals surface area contributed by atoms with Crippen LogP contribution in [0.25, 0.3) is 0 Å². The lowest BCUT2D eigenvalue weighted by atomic mass is 10.1. The average molecular weight is 199 g/mol. The van der Waals surface area contributed by atoms with Gasteiger partial charge in [0.05, 0.1) is 0 Å². The molecular weight excluding hydrogens is 170 g/mol. The largest absolute Gasteiger partial charge is 0.300 e. The molecule has 1 nitrogen and oxygen atoms in total. The molecule has 14 heavy (non-hydrogen) atoms. The Morgan fingerprint density at radius 2 is 1.36 bits per heavy atom. The molecule has 0 atom stereocenters. The maximum absolute atomic E-state index is 2.70. The molecule has 0 aromatic rings. The highest BCUT2D eigenvalue weighted by Crippen LogP contribution is 2.18. The van der Waals surface area contributed by atoms with Gasteiger partial charge in [-0.25, -0.2) is 0 Å². The molecule has 0 aromatic heterocycles. The third-order valence-electron chi connectivity index (χ3n) is 2.90. The van der Waals surface area contributed by atoms with E-state index in [1.165, 1.54) is 51.6 Å². The first-order valence-electron chi connectivity index (χ1n) is 6.62. The van der Waals surface area contributed by atoms with Gasteiger partial charge in [0.2, 0.25) is 0 Å². The van der Waals surface area contributed by atoms with Crippen LogP contribution in [0.5, 0.6) is 0 Å². The minimum atomic E-state index is 0.905. The van der Waals surface area contributed by atoms with Gasteiger partial charge in [0, 0.05) is 6.04 Å². The molecule has 0 amide bonds. The molecule has 0 spiro atoms. The van der Waals surface area contributed by atoms with Crippen molar-refractivity contribution in [2.24, 2.45) is 0 Å². The molecule has 1 heterocycles. The van der Waals surface area contributed by atoms with Crippen LogP contribution in [0.3, 0.4) is 0 Å². The molecule has 1 fully saturated rings. The van der Waals surface area contributed by atoms with Gasteiger partial charge < -0.3 is 4.90 Å². The second kappa shape index (κ2) is 9.51. The van der Waals surface area contributed by atoms with Crippen molar-refractivity contribution in [3.63, 3.8) is 0 Å². The normalized spacial score (nSPS) is 16.9. The van der Waals surface area contributed by atoms with Crippen molar-refractivity contribution in [1.29, 1.82) is 0 Å². The van der Waals surface area contributed by atoms with Gasteiger partial charge in [0.1, 0.15) is 0 Å². The van der Waals surface area contributed by atoms with Crippen molar-refractivity contribution in [3.05, 3.63) is 0 Å². The van der Waals surface area contributed by atoms with E-state index in [0.29, 0.717) is 0 Å². The summed E-state index contributed by atoms with van der Waals surface area (Å²) in [6.07, 6.45) is 8.39. The van der Waals surface area contributed by atoms with E-state index in [1.807, 2.05) is 13.8 Å². The molecule has 0 unspecified atom stereocenters. The van der Waals surface area contributed by atoms with Crippen LogP contribution in [-0.2, 0) is 0 Å². The molecular formula is C13H29N. The second-order valence-corrected chi connectivity index (χ2v) is 3.97. The van der Waals surface area contributed by atoms with E-state index >= 15 is 0 Å². The first-order chi connectivity index (χ1) is 6.88. The molecule has 1 rings (SSSR count). The average Bonchev–Trinajstić information content (AvgIpc) is 2.73.